The van der Waals surface area contributed by atoms with Crippen molar-refractivity contribution in [2.24, 2.45) is 0 Å². The number of ether oxygens (including phenoxy) is 1. The Bertz CT molecular complexity index is 509. The van der Waals surface area contributed by atoms with Gasteiger partial charge < -0.3 is 14.9 Å². The highest BCUT2D eigenvalue weighted by Crippen LogP contribution is 2.30. The first kappa shape index (κ1) is 11.6. The molecule has 0 unspecified atom stereocenters. The van der Waals surface area contributed by atoms with E-state index in [1.165, 1.54) is 18.2 Å². The largest absolute Gasteiger partial charge is 0.508 e. The van der Waals surface area contributed by atoms with Gasteiger partial charge >= 0.3 is 0 Å². The molecule has 2 aromatic rings. The van der Waals surface area contributed by atoms with Crippen molar-refractivity contribution in [1.29, 1.82) is 0 Å². The molecular weight excluding hydrogens is 240 g/mol. The molecule has 17 heavy (non-hydrogen) atoms. The van der Waals surface area contributed by atoms with Gasteiger partial charge in [-0.2, -0.15) is 0 Å². The molecule has 4 heteroatoms. The fourth-order valence-electron chi connectivity index (χ4n) is 1.37. The molecule has 0 heterocycles. The van der Waals surface area contributed by atoms with E-state index in [2.05, 4.69) is 0 Å². The van der Waals surface area contributed by atoms with Crippen LogP contribution in [0.3, 0.4) is 0 Å². The SMILES string of the molecule is Oc1ccc(OCc2ccc(Cl)cc2)c(O)c1. The molecule has 0 spiro atoms. The molecule has 0 aliphatic heterocycles. The van der Waals surface area contributed by atoms with E-state index in [0.29, 0.717) is 17.4 Å². The number of phenols is 2. The summed E-state index contributed by atoms with van der Waals surface area (Å²) < 4.78 is 5.41. The third-order valence-corrected chi connectivity index (χ3v) is 2.50. The third kappa shape index (κ3) is 3.04. The fourth-order valence-corrected chi connectivity index (χ4v) is 1.50. The molecule has 0 aliphatic carbocycles. The first-order valence-corrected chi connectivity index (χ1v) is 5.42. The van der Waals surface area contributed by atoms with Crippen molar-refractivity contribution in [2.45, 2.75) is 6.61 Å². The number of hydrogen-bond donors (Lipinski definition) is 2. The average Bonchev–Trinajstić information content (AvgIpc) is 2.30. The van der Waals surface area contributed by atoms with Crippen LogP contribution < -0.4 is 4.74 Å². The standard InChI is InChI=1S/C13H11ClO3/c14-10-3-1-9(2-4-10)8-17-13-6-5-11(15)7-12(13)16/h1-7,15-16H,8H2. The minimum absolute atomic E-state index is 0.00124. The van der Waals surface area contributed by atoms with Gasteiger partial charge in [0.15, 0.2) is 11.5 Å². The van der Waals surface area contributed by atoms with Crippen LogP contribution in [0.25, 0.3) is 0 Å². The van der Waals surface area contributed by atoms with E-state index in [4.69, 9.17) is 21.4 Å². The molecule has 0 fully saturated rings. The molecule has 0 saturated carbocycles. The lowest BCUT2D eigenvalue weighted by Crippen LogP contribution is -1.95. The molecule has 0 bridgehead atoms. The normalized spacial score (nSPS) is 10.2. The summed E-state index contributed by atoms with van der Waals surface area (Å²) in [6.45, 7) is 0.329. The minimum atomic E-state index is -0.0843. The van der Waals surface area contributed by atoms with Crippen LogP contribution in [0.1, 0.15) is 5.56 Å². The van der Waals surface area contributed by atoms with Gasteiger partial charge in [0.2, 0.25) is 0 Å². The summed E-state index contributed by atoms with van der Waals surface area (Å²) in [6, 6.07) is 11.4. The summed E-state index contributed by atoms with van der Waals surface area (Å²) in [6.07, 6.45) is 0. The molecule has 0 atom stereocenters. The van der Waals surface area contributed by atoms with Crippen LogP contribution in [0.5, 0.6) is 17.2 Å². The van der Waals surface area contributed by atoms with Crippen LogP contribution in [0.15, 0.2) is 42.5 Å². The minimum Gasteiger partial charge on any atom is -0.508 e. The van der Waals surface area contributed by atoms with Crippen LogP contribution in [-0.2, 0) is 6.61 Å². The van der Waals surface area contributed by atoms with Gasteiger partial charge in [-0.15, -0.1) is 0 Å². The number of halogens is 1. The molecule has 3 nitrogen and oxygen atoms in total. The summed E-state index contributed by atoms with van der Waals surface area (Å²) in [7, 11) is 0. The Balaban J connectivity index is 2.04. The third-order valence-electron chi connectivity index (χ3n) is 2.25. The van der Waals surface area contributed by atoms with Gasteiger partial charge in [-0.1, -0.05) is 23.7 Å². The Morgan fingerprint density at radius 3 is 2.35 bits per heavy atom. The van der Waals surface area contributed by atoms with Crippen LogP contribution in [-0.4, -0.2) is 10.2 Å². The summed E-state index contributed by atoms with van der Waals surface area (Å²) in [5, 5.41) is 19.3. The van der Waals surface area contributed by atoms with Gasteiger partial charge in [-0.05, 0) is 29.8 Å². The highest BCUT2D eigenvalue weighted by Gasteiger charge is 2.03. The summed E-state index contributed by atoms with van der Waals surface area (Å²) in [4.78, 5) is 0. The molecule has 0 saturated heterocycles. The van der Waals surface area contributed by atoms with Gasteiger partial charge in [-0.3, -0.25) is 0 Å². The molecule has 2 N–H and O–H groups in total. The second kappa shape index (κ2) is 4.97. The van der Waals surface area contributed by atoms with Crippen LogP contribution in [0, 0.1) is 0 Å². The topological polar surface area (TPSA) is 49.7 Å². The number of rotatable bonds is 3. The zero-order valence-corrected chi connectivity index (χ0v) is 9.69. The molecule has 0 amide bonds. The average molecular weight is 251 g/mol. The number of hydrogen-bond acceptors (Lipinski definition) is 3. The maximum absolute atomic E-state index is 9.51. The van der Waals surface area contributed by atoms with E-state index in [0.717, 1.165) is 5.56 Å². The fraction of sp³-hybridized carbons (Fsp3) is 0.0769. The van der Waals surface area contributed by atoms with Crippen molar-refractivity contribution in [1.82, 2.24) is 0 Å². The van der Waals surface area contributed by atoms with Gasteiger partial charge in [-0.25, -0.2) is 0 Å². The second-order valence-electron chi connectivity index (χ2n) is 3.57. The molecule has 2 rings (SSSR count). The van der Waals surface area contributed by atoms with Crippen LogP contribution in [0.2, 0.25) is 5.02 Å². The van der Waals surface area contributed by atoms with E-state index in [1.54, 1.807) is 12.1 Å². The molecule has 0 radical (unpaired) electrons. The highest BCUT2D eigenvalue weighted by molar-refractivity contribution is 6.30. The Hall–Kier alpha value is -1.87. The first-order chi connectivity index (χ1) is 8.15. The van der Waals surface area contributed by atoms with Gasteiger partial charge in [0.05, 0.1) is 0 Å². The summed E-state index contributed by atoms with van der Waals surface area (Å²) >= 11 is 5.76. The smallest absolute Gasteiger partial charge is 0.161 e. The van der Waals surface area contributed by atoms with Crippen molar-refractivity contribution < 1.29 is 14.9 Å². The molecular formula is C13H11ClO3. The molecule has 2 aromatic carbocycles. The van der Waals surface area contributed by atoms with Crippen molar-refractivity contribution in [3.63, 3.8) is 0 Å². The maximum atomic E-state index is 9.51. The Morgan fingerprint density at radius 2 is 1.71 bits per heavy atom. The predicted octanol–water partition coefficient (Wildman–Crippen LogP) is 3.33. The molecule has 0 aromatic heterocycles. The monoisotopic (exact) mass is 250 g/mol. The lowest BCUT2D eigenvalue weighted by molar-refractivity contribution is 0.288. The van der Waals surface area contributed by atoms with Crippen molar-refractivity contribution in [2.75, 3.05) is 0 Å². The van der Waals surface area contributed by atoms with Crippen molar-refractivity contribution >= 4 is 11.6 Å². The van der Waals surface area contributed by atoms with E-state index >= 15 is 0 Å². The zero-order chi connectivity index (χ0) is 12.3. The maximum Gasteiger partial charge on any atom is 0.161 e. The van der Waals surface area contributed by atoms with Crippen molar-refractivity contribution in [3.05, 3.63) is 53.1 Å². The molecule has 88 valence electrons. The predicted molar refractivity (Wildman–Crippen MR) is 65.6 cm³/mol. The van der Waals surface area contributed by atoms with E-state index < -0.39 is 0 Å². The Kier molecular flexibility index (Phi) is 3.40. The number of benzene rings is 2. The molecule has 0 aliphatic rings. The van der Waals surface area contributed by atoms with Crippen LogP contribution >= 0.6 is 11.6 Å². The number of phenolic OH excluding ortho intramolecular Hbond substituents is 2. The van der Waals surface area contributed by atoms with Gasteiger partial charge in [0, 0.05) is 11.1 Å². The van der Waals surface area contributed by atoms with E-state index in [9.17, 15) is 5.11 Å². The number of aromatic hydroxyl groups is 2. The van der Waals surface area contributed by atoms with Gasteiger partial charge in [0.1, 0.15) is 12.4 Å². The zero-order valence-electron chi connectivity index (χ0n) is 8.93. The summed E-state index contributed by atoms with van der Waals surface area (Å²) in [5.41, 5.74) is 0.946. The first-order valence-electron chi connectivity index (χ1n) is 5.04. The Morgan fingerprint density at radius 1 is 1.00 bits per heavy atom. The quantitative estimate of drug-likeness (QED) is 0.879. The van der Waals surface area contributed by atoms with E-state index in [1.807, 2.05) is 12.1 Å². The van der Waals surface area contributed by atoms with Gasteiger partial charge in [0.25, 0.3) is 0 Å². The van der Waals surface area contributed by atoms with Crippen molar-refractivity contribution in [3.8, 4) is 17.2 Å². The van der Waals surface area contributed by atoms with Crippen LogP contribution in [0.4, 0.5) is 0 Å². The highest BCUT2D eigenvalue weighted by atomic mass is 35.5. The summed E-state index contributed by atoms with van der Waals surface area (Å²) in [5.74, 6) is 0.248. The lowest BCUT2D eigenvalue weighted by Gasteiger charge is -2.08. The Labute approximate surface area is 104 Å². The lowest BCUT2D eigenvalue weighted by atomic mass is 10.2. The van der Waals surface area contributed by atoms with E-state index in [-0.39, 0.29) is 11.5 Å². The second-order valence-corrected chi connectivity index (χ2v) is 4.00.